The summed E-state index contributed by atoms with van der Waals surface area (Å²) in [6.07, 6.45) is 1.85. The number of aromatic nitrogens is 3. The van der Waals surface area contributed by atoms with Gasteiger partial charge in [0, 0.05) is 11.1 Å². The van der Waals surface area contributed by atoms with Crippen molar-refractivity contribution in [1.29, 1.82) is 0 Å². The Morgan fingerprint density at radius 1 is 0.970 bits per heavy atom. The Labute approximate surface area is 194 Å². The van der Waals surface area contributed by atoms with E-state index in [1.807, 2.05) is 54.6 Å². The predicted molar refractivity (Wildman–Crippen MR) is 123 cm³/mol. The van der Waals surface area contributed by atoms with E-state index in [1.165, 1.54) is 29.4 Å². The summed E-state index contributed by atoms with van der Waals surface area (Å²) in [4.78, 5) is 30.7. The molecule has 0 aliphatic carbocycles. The topological polar surface area (TPSA) is 94.2 Å². The Morgan fingerprint density at radius 2 is 1.67 bits per heavy atom. The molecule has 5 rings (SSSR count). The zero-order valence-electron chi connectivity index (χ0n) is 17.3. The van der Waals surface area contributed by atoms with Gasteiger partial charge in [0.2, 0.25) is 5.95 Å². The van der Waals surface area contributed by atoms with Crippen molar-refractivity contribution in [2.75, 3.05) is 4.90 Å². The number of amides is 1. The number of nitrogens with zero attached hydrogens (tertiary/aromatic N) is 5. The van der Waals surface area contributed by atoms with Gasteiger partial charge in [0.05, 0.1) is 17.0 Å². The number of fused-ring (bicyclic) bond motifs is 1. The van der Waals surface area contributed by atoms with E-state index >= 15 is 0 Å². The van der Waals surface area contributed by atoms with E-state index in [0.29, 0.717) is 17.4 Å². The highest BCUT2D eigenvalue weighted by Crippen LogP contribution is 2.44. The van der Waals surface area contributed by atoms with Crippen molar-refractivity contribution in [1.82, 2.24) is 14.8 Å². The molecule has 2 atom stereocenters. The largest absolute Gasteiger partial charge is 0.282 e. The third-order valence-electron chi connectivity index (χ3n) is 5.82. The minimum Gasteiger partial charge on any atom is -0.269 e. The van der Waals surface area contributed by atoms with Crippen LogP contribution in [-0.2, 0) is 0 Å². The second kappa shape index (κ2) is 8.48. The van der Waals surface area contributed by atoms with Gasteiger partial charge in [0.25, 0.3) is 11.6 Å². The number of carbonyl (C=O) groups excluding carboxylic acids is 1. The molecule has 0 N–H and O–H groups in total. The molecule has 0 bridgehead atoms. The highest BCUT2D eigenvalue weighted by Gasteiger charge is 2.41. The number of hydrogen-bond acceptors (Lipinski definition) is 5. The normalized spacial score (nSPS) is 17.4. The van der Waals surface area contributed by atoms with Gasteiger partial charge in [-0.15, -0.1) is 0 Å². The van der Waals surface area contributed by atoms with Crippen LogP contribution in [0.25, 0.3) is 0 Å². The number of hydrogen-bond donors (Lipinski definition) is 0. The maximum absolute atomic E-state index is 13.8. The van der Waals surface area contributed by atoms with Crippen molar-refractivity contribution < 1.29 is 9.72 Å². The van der Waals surface area contributed by atoms with Gasteiger partial charge in [0.15, 0.2) is 0 Å². The fourth-order valence-corrected chi connectivity index (χ4v) is 4.59. The van der Waals surface area contributed by atoms with Crippen LogP contribution < -0.4 is 4.90 Å². The lowest BCUT2D eigenvalue weighted by molar-refractivity contribution is -0.385. The monoisotopic (exact) mass is 459 g/mol. The minimum absolute atomic E-state index is 0.00539. The predicted octanol–water partition coefficient (Wildman–Crippen LogP) is 5.22. The van der Waals surface area contributed by atoms with Crippen LogP contribution in [0.4, 0.5) is 11.6 Å². The van der Waals surface area contributed by atoms with Crippen LogP contribution in [0.2, 0.25) is 5.02 Å². The first-order chi connectivity index (χ1) is 16.1. The first-order valence-corrected chi connectivity index (χ1v) is 10.7. The molecule has 3 aromatic carbocycles. The number of nitro groups is 1. The summed E-state index contributed by atoms with van der Waals surface area (Å²) in [6, 6.07) is 22.3. The zero-order chi connectivity index (χ0) is 22.9. The lowest BCUT2D eigenvalue weighted by atomic mass is 9.91. The molecular weight excluding hydrogens is 442 g/mol. The van der Waals surface area contributed by atoms with Crippen molar-refractivity contribution >= 4 is 29.1 Å². The van der Waals surface area contributed by atoms with Crippen LogP contribution in [-0.4, -0.2) is 25.6 Å². The van der Waals surface area contributed by atoms with Gasteiger partial charge in [-0.05, 0) is 29.7 Å². The Morgan fingerprint density at radius 3 is 2.42 bits per heavy atom. The fraction of sp³-hybridized carbons (Fsp3) is 0.125. The molecule has 1 aliphatic rings. The lowest BCUT2D eigenvalue weighted by Crippen LogP contribution is -2.43. The van der Waals surface area contributed by atoms with Gasteiger partial charge in [0.1, 0.15) is 11.9 Å². The Bertz CT molecular complexity index is 1340. The summed E-state index contributed by atoms with van der Waals surface area (Å²) in [7, 11) is 0. The molecule has 4 aromatic rings. The lowest BCUT2D eigenvalue weighted by Gasteiger charge is -2.39. The van der Waals surface area contributed by atoms with Gasteiger partial charge in [-0.25, -0.2) is 4.68 Å². The van der Waals surface area contributed by atoms with Crippen LogP contribution in [0.3, 0.4) is 0 Å². The van der Waals surface area contributed by atoms with Crippen LogP contribution in [0.15, 0.2) is 85.2 Å². The summed E-state index contributed by atoms with van der Waals surface area (Å²) >= 11 is 6.52. The maximum Gasteiger partial charge on any atom is 0.282 e. The summed E-state index contributed by atoms with van der Waals surface area (Å²) in [6.45, 7) is 0. The number of para-hydroxylation sites is 1. The Balaban J connectivity index is 1.69. The molecule has 8 nitrogen and oxygen atoms in total. The number of carbonyl (C=O) groups is 1. The van der Waals surface area contributed by atoms with Crippen molar-refractivity contribution in [3.63, 3.8) is 0 Å². The standard InChI is InChI=1S/C24H18ClN5O3/c25-19-12-6-4-10-17(19)22-14-21(16-8-2-1-3-9-16)28(24-26-15-27-29(22)24)23(31)18-11-5-7-13-20(18)30(32)33/h1-13,15,21-22H,14H2/t21-,22-/m1/s1. The molecule has 0 unspecified atom stereocenters. The van der Waals surface area contributed by atoms with E-state index in [9.17, 15) is 14.9 Å². The molecular formula is C24H18ClN5O3. The SMILES string of the molecule is O=C(c1ccccc1[N+](=O)[O-])N1c2ncnn2[C@@H](c2ccccc2Cl)C[C@@H]1c1ccccc1. The van der Waals surface area contributed by atoms with Gasteiger partial charge in [-0.2, -0.15) is 10.1 Å². The molecule has 0 radical (unpaired) electrons. The summed E-state index contributed by atoms with van der Waals surface area (Å²) in [5, 5.41) is 16.6. The molecule has 1 amide bonds. The average Bonchev–Trinajstić information content (AvgIpc) is 3.33. The van der Waals surface area contributed by atoms with Crippen LogP contribution in [0.5, 0.6) is 0 Å². The number of halogens is 1. The second-order valence-corrected chi connectivity index (χ2v) is 8.06. The zero-order valence-corrected chi connectivity index (χ0v) is 18.0. The van der Waals surface area contributed by atoms with E-state index in [4.69, 9.17) is 11.6 Å². The summed E-state index contributed by atoms with van der Waals surface area (Å²) in [5.41, 5.74) is 1.49. The van der Waals surface area contributed by atoms with Crippen LogP contribution in [0, 0.1) is 10.1 Å². The number of benzene rings is 3. The number of rotatable bonds is 4. The highest BCUT2D eigenvalue weighted by molar-refractivity contribution is 6.31. The van der Waals surface area contributed by atoms with Crippen molar-refractivity contribution in [2.45, 2.75) is 18.5 Å². The molecule has 0 saturated heterocycles. The number of nitro benzene ring substituents is 1. The smallest absolute Gasteiger partial charge is 0.269 e. The molecule has 9 heteroatoms. The van der Waals surface area contributed by atoms with Gasteiger partial charge in [-0.3, -0.25) is 19.8 Å². The van der Waals surface area contributed by atoms with Gasteiger partial charge in [-0.1, -0.05) is 72.3 Å². The Kier molecular flexibility index (Phi) is 5.35. The van der Waals surface area contributed by atoms with Crippen LogP contribution >= 0.6 is 11.6 Å². The molecule has 0 spiro atoms. The van der Waals surface area contributed by atoms with E-state index < -0.39 is 16.9 Å². The number of anilines is 1. The van der Waals surface area contributed by atoms with Gasteiger partial charge >= 0.3 is 0 Å². The van der Waals surface area contributed by atoms with E-state index in [1.54, 1.807) is 10.7 Å². The first-order valence-electron chi connectivity index (χ1n) is 10.3. The van der Waals surface area contributed by atoms with E-state index in [-0.39, 0.29) is 17.3 Å². The Hall–Kier alpha value is -4.04. The molecule has 0 fully saturated rings. The van der Waals surface area contributed by atoms with Gasteiger partial charge < -0.3 is 0 Å². The molecule has 2 heterocycles. The summed E-state index contributed by atoms with van der Waals surface area (Å²) < 4.78 is 1.66. The van der Waals surface area contributed by atoms with Crippen molar-refractivity contribution in [3.05, 3.63) is 117 Å². The fourth-order valence-electron chi connectivity index (χ4n) is 4.33. The molecule has 1 aliphatic heterocycles. The van der Waals surface area contributed by atoms with Crippen molar-refractivity contribution in [2.24, 2.45) is 0 Å². The third-order valence-corrected chi connectivity index (χ3v) is 6.17. The molecule has 164 valence electrons. The van der Waals surface area contributed by atoms with Crippen molar-refractivity contribution in [3.8, 4) is 0 Å². The molecule has 0 saturated carbocycles. The second-order valence-electron chi connectivity index (χ2n) is 7.65. The van der Waals surface area contributed by atoms with E-state index in [0.717, 1.165) is 11.1 Å². The molecule has 33 heavy (non-hydrogen) atoms. The average molecular weight is 460 g/mol. The first kappa shape index (κ1) is 20.8. The maximum atomic E-state index is 13.8. The van der Waals surface area contributed by atoms with Crippen LogP contribution in [0.1, 0.15) is 40.0 Å². The highest BCUT2D eigenvalue weighted by atomic mass is 35.5. The third kappa shape index (κ3) is 3.64. The quantitative estimate of drug-likeness (QED) is 0.308. The molecule has 1 aromatic heterocycles. The summed E-state index contributed by atoms with van der Waals surface area (Å²) in [5.74, 6) is -0.203. The minimum atomic E-state index is -0.550. The van der Waals surface area contributed by atoms with E-state index in [2.05, 4.69) is 10.1 Å².